The van der Waals surface area contributed by atoms with Gasteiger partial charge in [0.25, 0.3) is 11.8 Å². The first-order valence-electron chi connectivity index (χ1n) is 12.5. The average molecular weight is 511 g/mol. The summed E-state index contributed by atoms with van der Waals surface area (Å²) in [6.07, 6.45) is 4.00. The SMILES string of the molecule is Cc1ccc(C(O)(C(=O)NN(C(=O)c2csc3c2CCCC3)c2ccccc2)c2ccc(C)cc2)cc1. The highest BCUT2D eigenvalue weighted by molar-refractivity contribution is 7.10. The lowest BCUT2D eigenvalue weighted by atomic mass is 9.85. The summed E-state index contributed by atoms with van der Waals surface area (Å²) < 4.78 is 0. The third kappa shape index (κ3) is 4.82. The summed E-state index contributed by atoms with van der Waals surface area (Å²) in [6.45, 7) is 3.90. The summed E-state index contributed by atoms with van der Waals surface area (Å²) >= 11 is 1.60. The molecule has 0 fully saturated rings. The van der Waals surface area contributed by atoms with Gasteiger partial charge in [-0.05, 0) is 68.4 Å². The maximum atomic E-state index is 14.0. The number of amides is 2. The molecule has 3 aromatic carbocycles. The monoisotopic (exact) mass is 510 g/mol. The first-order valence-corrected chi connectivity index (χ1v) is 13.4. The van der Waals surface area contributed by atoms with Crippen LogP contribution in [0.15, 0.2) is 84.2 Å². The van der Waals surface area contributed by atoms with Crippen LogP contribution in [0.4, 0.5) is 5.69 Å². The maximum Gasteiger partial charge on any atom is 0.280 e. The Morgan fingerprint density at radius 3 is 2.00 bits per heavy atom. The minimum atomic E-state index is -2.01. The molecule has 2 amide bonds. The highest BCUT2D eigenvalue weighted by Crippen LogP contribution is 2.33. The lowest BCUT2D eigenvalue weighted by Crippen LogP contribution is -2.54. The van der Waals surface area contributed by atoms with Crippen molar-refractivity contribution in [3.8, 4) is 0 Å². The number of anilines is 1. The number of aliphatic hydroxyl groups is 1. The molecule has 37 heavy (non-hydrogen) atoms. The van der Waals surface area contributed by atoms with E-state index in [9.17, 15) is 14.7 Å². The van der Waals surface area contributed by atoms with E-state index in [1.54, 1.807) is 47.7 Å². The number of carbonyl (C=O) groups is 2. The normalized spacial score (nSPS) is 13.1. The van der Waals surface area contributed by atoms with Gasteiger partial charge in [0.2, 0.25) is 0 Å². The van der Waals surface area contributed by atoms with E-state index in [1.807, 2.05) is 61.7 Å². The molecule has 5 rings (SSSR count). The number of hydrogen-bond acceptors (Lipinski definition) is 4. The van der Waals surface area contributed by atoms with Gasteiger partial charge in [-0.3, -0.25) is 15.0 Å². The Bertz CT molecular complexity index is 1360. The molecular weight excluding hydrogens is 480 g/mol. The summed E-state index contributed by atoms with van der Waals surface area (Å²) in [5.74, 6) is -1.02. The third-order valence-corrected chi connectivity index (χ3v) is 8.08. The van der Waals surface area contributed by atoms with Gasteiger partial charge >= 0.3 is 0 Å². The molecule has 0 aliphatic heterocycles. The van der Waals surface area contributed by atoms with Crippen LogP contribution in [0, 0.1) is 13.8 Å². The topological polar surface area (TPSA) is 69.6 Å². The largest absolute Gasteiger partial charge is 0.372 e. The molecule has 1 aliphatic carbocycles. The number of para-hydroxylation sites is 1. The molecule has 0 radical (unpaired) electrons. The van der Waals surface area contributed by atoms with E-state index in [4.69, 9.17) is 0 Å². The first kappa shape index (κ1) is 24.9. The molecular formula is C31H30N2O3S. The minimum absolute atomic E-state index is 0.311. The number of nitrogens with one attached hydrogen (secondary N) is 1. The zero-order valence-corrected chi connectivity index (χ0v) is 21.8. The predicted octanol–water partition coefficient (Wildman–Crippen LogP) is 5.86. The van der Waals surface area contributed by atoms with Gasteiger partial charge in [-0.25, -0.2) is 5.01 Å². The van der Waals surface area contributed by atoms with Crippen LogP contribution in [0.1, 0.15) is 55.9 Å². The van der Waals surface area contributed by atoms with Crippen molar-refractivity contribution in [2.75, 3.05) is 5.01 Å². The summed E-state index contributed by atoms with van der Waals surface area (Å²) in [5, 5.41) is 15.2. The lowest BCUT2D eigenvalue weighted by Gasteiger charge is -2.32. The van der Waals surface area contributed by atoms with Gasteiger partial charge < -0.3 is 5.11 Å². The van der Waals surface area contributed by atoms with E-state index >= 15 is 0 Å². The van der Waals surface area contributed by atoms with Crippen LogP contribution < -0.4 is 10.4 Å². The van der Waals surface area contributed by atoms with Crippen LogP contribution in [0.2, 0.25) is 0 Å². The smallest absolute Gasteiger partial charge is 0.280 e. The van der Waals surface area contributed by atoms with Crippen LogP contribution in [-0.2, 0) is 23.2 Å². The number of carbonyl (C=O) groups excluding carboxylic acids is 2. The molecule has 0 bridgehead atoms. The highest BCUT2D eigenvalue weighted by Gasteiger charge is 2.42. The first-order chi connectivity index (χ1) is 17.9. The Morgan fingerprint density at radius 1 is 0.838 bits per heavy atom. The fraction of sp³-hybridized carbons (Fsp3) is 0.226. The van der Waals surface area contributed by atoms with Gasteiger partial charge in [0.1, 0.15) is 0 Å². The van der Waals surface area contributed by atoms with E-state index in [0.717, 1.165) is 42.4 Å². The summed E-state index contributed by atoms with van der Waals surface area (Å²) in [6, 6.07) is 23.5. The van der Waals surface area contributed by atoms with Gasteiger partial charge in [0, 0.05) is 10.3 Å². The standard InChI is InChI=1S/C31H30N2O3S/c1-21-12-16-23(17-13-21)31(36,24-18-14-22(2)15-19-24)30(35)32-33(25-8-4-3-5-9-25)29(34)27-20-37-28-11-7-6-10-26(27)28/h3-5,8-9,12-20,36H,6-7,10-11H2,1-2H3,(H,32,35). The van der Waals surface area contributed by atoms with E-state index in [2.05, 4.69) is 5.43 Å². The van der Waals surface area contributed by atoms with Crippen LogP contribution in [-0.4, -0.2) is 16.9 Å². The fourth-order valence-electron chi connectivity index (χ4n) is 4.80. The molecule has 188 valence electrons. The average Bonchev–Trinajstić information content (AvgIpc) is 3.36. The molecule has 0 spiro atoms. The molecule has 0 unspecified atom stereocenters. The second-order valence-electron chi connectivity index (χ2n) is 9.62. The Kier molecular flexibility index (Phi) is 6.96. The Morgan fingerprint density at radius 2 is 1.41 bits per heavy atom. The minimum Gasteiger partial charge on any atom is -0.372 e. The number of hydrazine groups is 1. The van der Waals surface area contributed by atoms with Crippen LogP contribution in [0.5, 0.6) is 0 Å². The Balaban J connectivity index is 1.57. The maximum absolute atomic E-state index is 14.0. The van der Waals surface area contributed by atoms with Crippen molar-refractivity contribution in [3.05, 3.63) is 123 Å². The zero-order chi connectivity index (χ0) is 26.0. The molecule has 0 saturated heterocycles. The number of benzene rings is 3. The van der Waals surface area contributed by atoms with Crippen LogP contribution in [0.3, 0.4) is 0 Å². The molecule has 1 aromatic heterocycles. The number of aryl methyl sites for hydroxylation is 3. The number of rotatable bonds is 5. The molecule has 4 aromatic rings. The van der Waals surface area contributed by atoms with Crippen molar-refractivity contribution >= 4 is 28.8 Å². The van der Waals surface area contributed by atoms with E-state index in [-0.39, 0.29) is 5.91 Å². The van der Waals surface area contributed by atoms with Gasteiger partial charge in [0.15, 0.2) is 5.60 Å². The quantitative estimate of drug-likeness (QED) is 0.331. The third-order valence-electron chi connectivity index (χ3n) is 6.99. The van der Waals surface area contributed by atoms with Crippen molar-refractivity contribution in [3.63, 3.8) is 0 Å². The van der Waals surface area contributed by atoms with Gasteiger partial charge in [-0.15, -0.1) is 11.3 Å². The molecule has 0 atom stereocenters. The molecule has 2 N–H and O–H groups in total. The van der Waals surface area contributed by atoms with Crippen molar-refractivity contribution in [2.45, 2.75) is 45.1 Å². The molecule has 6 heteroatoms. The van der Waals surface area contributed by atoms with Gasteiger partial charge in [0.05, 0.1) is 11.3 Å². The van der Waals surface area contributed by atoms with Crippen molar-refractivity contribution in [2.24, 2.45) is 0 Å². The van der Waals surface area contributed by atoms with Crippen molar-refractivity contribution in [1.82, 2.24) is 5.43 Å². The van der Waals surface area contributed by atoms with Crippen LogP contribution in [0.25, 0.3) is 0 Å². The second kappa shape index (κ2) is 10.3. The number of nitrogens with zero attached hydrogens (tertiary/aromatic N) is 1. The Hall–Kier alpha value is -3.74. The van der Waals surface area contributed by atoms with E-state index in [1.165, 1.54) is 9.89 Å². The van der Waals surface area contributed by atoms with Crippen molar-refractivity contribution < 1.29 is 14.7 Å². The molecule has 0 saturated carbocycles. The van der Waals surface area contributed by atoms with E-state index < -0.39 is 11.5 Å². The predicted molar refractivity (Wildman–Crippen MR) is 148 cm³/mol. The highest BCUT2D eigenvalue weighted by atomic mass is 32.1. The van der Waals surface area contributed by atoms with Gasteiger partial charge in [-0.2, -0.15) is 0 Å². The zero-order valence-electron chi connectivity index (χ0n) is 21.0. The molecule has 1 heterocycles. The van der Waals surface area contributed by atoms with E-state index in [0.29, 0.717) is 22.4 Å². The van der Waals surface area contributed by atoms with Crippen LogP contribution >= 0.6 is 11.3 Å². The summed E-state index contributed by atoms with van der Waals surface area (Å²) in [7, 11) is 0. The van der Waals surface area contributed by atoms with Crippen molar-refractivity contribution in [1.29, 1.82) is 0 Å². The molecule has 1 aliphatic rings. The molecule has 5 nitrogen and oxygen atoms in total. The fourth-order valence-corrected chi connectivity index (χ4v) is 5.92. The van der Waals surface area contributed by atoms with Gasteiger partial charge in [-0.1, -0.05) is 77.9 Å². The number of hydrogen-bond donors (Lipinski definition) is 2. The Labute approximate surface area is 221 Å². The lowest BCUT2D eigenvalue weighted by molar-refractivity contribution is -0.136. The summed E-state index contributed by atoms with van der Waals surface area (Å²) in [5.41, 5.74) is 5.86. The summed E-state index contributed by atoms with van der Waals surface area (Å²) in [4.78, 5) is 29.2. The number of thiophene rings is 1. The second-order valence-corrected chi connectivity index (χ2v) is 10.6. The number of fused-ring (bicyclic) bond motifs is 1.